The number of carbonyl (C=O) groups is 2. The van der Waals surface area contributed by atoms with Crippen LogP contribution in [0.4, 0.5) is 4.39 Å². The van der Waals surface area contributed by atoms with Gasteiger partial charge >= 0.3 is 0 Å². The molecule has 142 valence electrons. The Kier molecular flexibility index (Phi) is 6.54. The molecule has 0 unspecified atom stereocenters. The van der Waals surface area contributed by atoms with Gasteiger partial charge in [-0.1, -0.05) is 30.3 Å². The third-order valence-electron chi connectivity index (χ3n) is 4.71. The summed E-state index contributed by atoms with van der Waals surface area (Å²) in [6.07, 6.45) is 0.250. The summed E-state index contributed by atoms with van der Waals surface area (Å²) in [4.78, 5) is 28.5. The first-order valence-corrected chi connectivity index (χ1v) is 9.19. The van der Waals surface area contributed by atoms with E-state index in [0.29, 0.717) is 19.6 Å². The number of carbonyl (C=O) groups excluding carboxylic acids is 2. The molecule has 27 heavy (non-hydrogen) atoms. The Bertz CT molecular complexity index is 757. The first-order valence-electron chi connectivity index (χ1n) is 9.19. The Balaban J connectivity index is 1.35. The minimum absolute atomic E-state index is 0.0699. The van der Waals surface area contributed by atoms with Gasteiger partial charge in [0.25, 0.3) is 5.91 Å². The zero-order chi connectivity index (χ0) is 19.1. The zero-order valence-corrected chi connectivity index (χ0v) is 15.2. The van der Waals surface area contributed by atoms with E-state index in [4.69, 9.17) is 0 Å². The van der Waals surface area contributed by atoms with Crippen molar-refractivity contribution >= 4 is 11.8 Å². The summed E-state index contributed by atoms with van der Waals surface area (Å²) in [6.45, 7) is 4.29. The van der Waals surface area contributed by atoms with E-state index in [2.05, 4.69) is 10.2 Å². The normalized spacial score (nSPS) is 14.8. The van der Waals surface area contributed by atoms with Crippen LogP contribution < -0.4 is 5.32 Å². The Morgan fingerprint density at radius 2 is 1.59 bits per heavy atom. The highest BCUT2D eigenvalue weighted by Crippen LogP contribution is 2.08. The first-order chi connectivity index (χ1) is 13.1. The minimum Gasteiger partial charge on any atom is -0.355 e. The second kappa shape index (κ2) is 9.28. The van der Waals surface area contributed by atoms with Gasteiger partial charge in [-0.3, -0.25) is 14.5 Å². The summed E-state index contributed by atoms with van der Waals surface area (Å²) in [6, 6.07) is 15.3. The van der Waals surface area contributed by atoms with Crippen LogP contribution in [0.15, 0.2) is 54.6 Å². The molecule has 0 atom stereocenters. The smallest absolute Gasteiger partial charge is 0.253 e. The average Bonchev–Trinajstić information content (AvgIpc) is 2.70. The number of hydrogen-bond donors (Lipinski definition) is 1. The van der Waals surface area contributed by atoms with Crippen LogP contribution in [0.1, 0.15) is 15.9 Å². The van der Waals surface area contributed by atoms with Gasteiger partial charge in [-0.2, -0.15) is 0 Å². The number of nitrogens with one attached hydrogen (secondary N) is 1. The van der Waals surface area contributed by atoms with Crippen LogP contribution in [0.3, 0.4) is 0 Å². The van der Waals surface area contributed by atoms with Gasteiger partial charge in [0.05, 0.1) is 6.42 Å². The van der Waals surface area contributed by atoms with Crippen molar-refractivity contribution in [3.05, 3.63) is 71.5 Å². The molecule has 1 fully saturated rings. The van der Waals surface area contributed by atoms with Crippen LogP contribution in [0.25, 0.3) is 0 Å². The second-order valence-corrected chi connectivity index (χ2v) is 6.65. The molecule has 1 heterocycles. The summed E-state index contributed by atoms with van der Waals surface area (Å²) in [5, 5.41) is 2.90. The molecule has 2 amide bonds. The molecule has 0 aromatic heterocycles. The molecule has 0 spiro atoms. The molecule has 2 aromatic rings. The standard InChI is InChI=1S/C21H24FN3O2/c22-19-8-6-17(7-9-19)16-20(26)23-10-11-24-12-14-25(15-13-24)21(27)18-4-2-1-3-5-18/h1-9H,10-16H2,(H,23,26). The molecule has 1 N–H and O–H groups in total. The number of rotatable bonds is 6. The van der Waals surface area contributed by atoms with Crippen molar-refractivity contribution in [3.63, 3.8) is 0 Å². The summed E-state index contributed by atoms with van der Waals surface area (Å²) < 4.78 is 12.9. The number of hydrogen-bond acceptors (Lipinski definition) is 3. The maximum absolute atomic E-state index is 12.9. The topological polar surface area (TPSA) is 52.7 Å². The van der Waals surface area contributed by atoms with Crippen LogP contribution >= 0.6 is 0 Å². The summed E-state index contributed by atoms with van der Waals surface area (Å²) in [5.74, 6) is -0.300. The fourth-order valence-corrected chi connectivity index (χ4v) is 3.14. The van der Waals surface area contributed by atoms with E-state index in [1.165, 1.54) is 12.1 Å². The van der Waals surface area contributed by atoms with E-state index in [0.717, 1.165) is 30.8 Å². The Morgan fingerprint density at radius 3 is 2.26 bits per heavy atom. The zero-order valence-electron chi connectivity index (χ0n) is 15.2. The molecular formula is C21H24FN3O2. The van der Waals surface area contributed by atoms with E-state index in [1.54, 1.807) is 12.1 Å². The van der Waals surface area contributed by atoms with Gasteiger partial charge in [-0.05, 0) is 29.8 Å². The number of piperazine rings is 1. The third-order valence-corrected chi connectivity index (χ3v) is 4.71. The van der Waals surface area contributed by atoms with Gasteiger partial charge in [0.2, 0.25) is 5.91 Å². The van der Waals surface area contributed by atoms with Crippen molar-refractivity contribution in [1.82, 2.24) is 15.1 Å². The molecule has 0 bridgehead atoms. The predicted octanol–water partition coefficient (Wildman–Crippen LogP) is 1.94. The van der Waals surface area contributed by atoms with Crippen molar-refractivity contribution < 1.29 is 14.0 Å². The molecule has 1 aliphatic rings. The van der Waals surface area contributed by atoms with Gasteiger partial charge in [-0.15, -0.1) is 0 Å². The Morgan fingerprint density at radius 1 is 0.926 bits per heavy atom. The van der Waals surface area contributed by atoms with Crippen molar-refractivity contribution in [2.24, 2.45) is 0 Å². The van der Waals surface area contributed by atoms with E-state index in [1.807, 2.05) is 35.2 Å². The molecular weight excluding hydrogens is 345 g/mol. The monoisotopic (exact) mass is 369 g/mol. The van der Waals surface area contributed by atoms with Crippen molar-refractivity contribution in [3.8, 4) is 0 Å². The molecule has 1 saturated heterocycles. The number of amides is 2. The summed E-state index contributed by atoms with van der Waals surface area (Å²) >= 11 is 0. The number of nitrogens with zero attached hydrogens (tertiary/aromatic N) is 2. The Hall–Kier alpha value is -2.73. The van der Waals surface area contributed by atoms with E-state index in [9.17, 15) is 14.0 Å². The molecule has 0 aliphatic carbocycles. The van der Waals surface area contributed by atoms with Crippen molar-refractivity contribution in [2.45, 2.75) is 6.42 Å². The van der Waals surface area contributed by atoms with Crippen molar-refractivity contribution in [2.75, 3.05) is 39.3 Å². The quantitative estimate of drug-likeness (QED) is 0.847. The highest BCUT2D eigenvalue weighted by molar-refractivity contribution is 5.94. The third kappa shape index (κ3) is 5.62. The fraction of sp³-hybridized carbons (Fsp3) is 0.333. The van der Waals surface area contributed by atoms with Crippen LogP contribution in [0, 0.1) is 5.82 Å². The van der Waals surface area contributed by atoms with Gasteiger partial charge < -0.3 is 10.2 Å². The number of benzene rings is 2. The number of halogens is 1. The maximum Gasteiger partial charge on any atom is 0.253 e. The first kappa shape index (κ1) is 19.0. The van der Waals surface area contributed by atoms with Crippen LogP contribution in [-0.4, -0.2) is 60.9 Å². The van der Waals surface area contributed by atoms with E-state index < -0.39 is 0 Å². The lowest BCUT2D eigenvalue weighted by Crippen LogP contribution is -2.50. The fourth-order valence-electron chi connectivity index (χ4n) is 3.14. The molecule has 0 radical (unpaired) electrons. The molecule has 2 aromatic carbocycles. The highest BCUT2D eigenvalue weighted by atomic mass is 19.1. The average molecular weight is 369 g/mol. The lowest BCUT2D eigenvalue weighted by atomic mass is 10.1. The summed E-state index contributed by atoms with van der Waals surface area (Å²) in [7, 11) is 0. The van der Waals surface area contributed by atoms with Gasteiger partial charge in [0, 0.05) is 44.8 Å². The maximum atomic E-state index is 12.9. The Labute approximate surface area is 158 Å². The van der Waals surface area contributed by atoms with E-state index >= 15 is 0 Å². The molecule has 1 aliphatic heterocycles. The van der Waals surface area contributed by atoms with Gasteiger partial charge in [0.15, 0.2) is 0 Å². The minimum atomic E-state index is -0.302. The van der Waals surface area contributed by atoms with Gasteiger partial charge in [0.1, 0.15) is 5.82 Å². The van der Waals surface area contributed by atoms with Crippen molar-refractivity contribution in [1.29, 1.82) is 0 Å². The molecule has 3 rings (SSSR count). The molecule has 0 saturated carbocycles. The predicted molar refractivity (Wildman–Crippen MR) is 102 cm³/mol. The van der Waals surface area contributed by atoms with Gasteiger partial charge in [-0.25, -0.2) is 4.39 Å². The van der Waals surface area contributed by atoms with Crippen LogP contribution in [0.5, 0.6) is 0 Å². The summed E-state index contributed by atoms with van der Waals surface area (Å²) in [5.41, 5.74) is 1.51. The molecule has 6 heteroatoms. The van der Waals surface area contributed by atoms with Crippen LogP contribution in [-0.2, 0) is 11.2 Å². The second-order valence-electron chi connectivity index (χ2n) is 6.65. The lowest BCUT2D eigenvalue weighted by molar-refractivity contribution is -0.120. The highest BCUT2D eigenvalue weighted by Gasteiger charge is 2.21. The molecule has 5 nitrogen and oxygen atoms in total. The lowest BCUT2D eigenvalue weighted by Gasteiger charge is -2.34. The largest absolute Gasteiger partial charge is 0.355 e. The van der Waals surface area contributed by atoms with Crippen LogP contribution in [0.2, 0.25) is 0 Å². The SMILES string of the molecule is O=C(Cc1ccc(F)cc1)NCCN1CCN(C(=O)c2ccccc2)CC1. The van der Waals surface area contributed by atoms with E-state index in [-0.39, 0.29) is 24.1 Å².